The van der Waals surface area contributed by atoms with Crippen molar-refractivity contribution in [3.8, 4) is 18.1 Å². The minimum atomic E-state index is -0.891. The van der Waals surface area contributed by atoms with E-state index in [2.05, 4.69) is 31.0 Å². The van der Waals surface area contributed by atoms with Crippen LogP contribution < -0.4 is 4.74 Å². The van der Waals surface area contributed by atoms with E-state index in [1.807, 2.05) is 0 Å². The number of aliphatic hydroxyl groups is 1. The Kier molecular flexibility index (Phi) is 3.69. The minimum absolute atomic E-state index is 0.0626. The summed E-state index contributed by atoms with van der Waals surface area (Å²) in [6, 6.07) is 6.61. The maximum Gasteiger partial charge on any atom is 0.131 e. The lowest BCUT2D eigenvalue weighted by Crippen LogP contribution is -2.51. The topological polar surface area (TPSA) is 29.5 Å². The third-order valence-corrected chi connectivity index (χ3v) is 7.65. The zero-order valence-corrected chi connectivity index (χ0v) is 14.8. The molecule has 0 aliphatic heterocycles. The Morgan fingerprint density at radius 3 is 2.83 bits per heavy atom. The lowest BCUT2D eigenvalue weighted by Gasteiger charge is -2.53. The summed E-state index contributed by atoms with van der Waals surface area (Å²) in [5.41, 5.74) is 2.03. The van der Waals surface area contributed by atoms with E-state index < -0.39 is 5.60 Å². The molecule has 0 unspecified atom stereocenters. The van der Waals surface area contributed by atoms with Gasteiger partial charge >= 0.3 is 0 Å². The summed E-state index contributed by atoms with van der Waals surface area (Å²) in [7, 11) is 1.74. The van der Waals surface area contributed by atoms with E-state index in [1.54, 1.807) is 7.11 Å². The van der Waals surface area contributed by atoms with Gasteiger partial charge in [-0.1, -0.05) is 18.9 Å². The molecule has 0 saturated heterocycles. The van der Waals surface area contributed by atoms with Gasteiger partial charge in [-0.2, -0.15) is 0 Å². The molecule has 2 saturated carbocycles. The third kappa shape index (κ3) is 1.94. The molecule has 5 atom stereocenters. The van der Waals surface area contributed by atoms with Crippen LogP contribution >= 0.6 is 0 Å². The van der Waals surface area contributed by atoms with E-state index in [-0.39, 0.29) is 5.41 Å². The van der Waals surface area contributed by atoms with Gasteiger partial charge in [0.05, 0.1) is 7.11 Å². The maximum absolute atomic E-state index is 11.1. The lowest BCUT2D eigenvalue weighted by atomic mass is 9.52. The smallest absolute Gasteiger partial charge is 0.131 e. The fourth-order valence-corrected chi connectivity index (χ4v) is 6.47. The Labute approximate surface area is 145 Å². The van der Waals surface area contributed by atoms with E-state index in [4.69, 9.17) is 11.2 Å². The first-order chi connectivity index (χ1) is 11.6. The number of ether oxygens (including phenoxy) is 1. The van der Waals surface area contributed by atoms with Crippen molar-refractivity contribution in [3.63, 3.8) is 0 Å². The molecule has 0 amide bonds. The van der Waals surface area contributed by atoms with Gasteiger partial charge in [-0.05, 0) is 86.0 Å². The first kappa shape index (κ1) is 16.0. The van der Waals surface area contributed by atoms with Gasteiger partial charge in [0.15, 0.2) is 0 Å². The van der Waals surface area contributed by atoms with E-state index in [0.29, 0.717) is 17.8 Å². The van der Waals surface area contributed by atoms with Gasteiger partial charge in [-0.3, -0.25) is 0 Å². The SMILES string of the molecule is C#C[C@]1(O)CC[C@H]2[C@@H]3CCc4cc(OC)ccc4[C@@H]3CC[C@]21CC. The largest absolute Gasteiger partial charge is 0.497 e. The summed E-state index contributed by atoms with van der Waals surface area (Å²) in [5.74, 6) is 5.63. The molecule has 4 rings (SSSR count). The van der Waals surface area contributed by atoms with Crippen LogP contribution in [0.2, 0.25) is 0 Å². The second kappa shape index (κ2) is 5.53. The molecule has 3 aliphatic carbocycles. The second-order valence-electron chi connectivity index (χ2n) is 8.07. The van der Waals surface area contributed by atoms with E-state index in [0.717, 1.165) is 44.3 Å². The van der Waals surface area contributed by atoms with Gasteiger partial charge in [0.25, 0.3) is 0 Å². The molecular formula is C22H28O2. The number of benzene rings is 1. The Balaban J connectivity index is 1.71. The van der Waals surface area contributed by atoms with Crippen LogP contribution in [0.25, 0.3) is 0 Å². The third-order valence-electron chi connectivity index (χ3n) is 7.65. The molecule has 0 heterocycles. The van der Waals surface area contributed by atoms with Gasteiger partial charge in [-0.25, -0.2) is 0 Å². The number of methoxy groups -OCH3 is 1. The molecule has 0 aromatic heterocycles. The highest BCUT2D eigenvalue weighted by molar-refractivity contribution is 5.41. The normalized spacial score (nSPS) is 40.2. The lowest BCUT2D eigenvalue weighted by molar-refractivity contribution is -0.0799. The Hall–Kier alpha value is -1.46. The summed E-state index contributed by atoms with van der Waals surface area (Å²) in [4.78, 5) is 0. The highest BCUT2D eigenvalue weighted by Gasteiger charge is 2.62. The first-order valence-corrected chi connectivity index (χ1v) is 9.45. The molecule has 1 aromatic carbocycles. The van der Waals surface area contributed by atoms with Crippen molar-refractivity contribution < 1.29 is 9.84 Å². The number of aryl methyl sites for hydroxylation is 1. The molecule has 0 radical (unpaired) electrons. The predicted molar refractivity (Wildman–Crippen MR) is 96.0 cm³/mol. The van der Waals surface area contributed by atoms with Crippen molar-refractivity contribution in [1.82, 2.24) is 0 Å². The molecule has 3 aliphatic rings. The molecular weight excluding hydrogens is 296 g/mol. The number of fused-ring (bicyclic) bond motifs is 5. The molecule has 2 heteroatoms. The van der Waals surface area contributed by atoms with Crippen LogP contribution in [-0.4, -0.2) is 17.8 Å². The average Bonchev–Trinajstić information content (AvgIpc) is 2.94. The van der Waals surface area contributed by atoms with Crippen molar-refractivity contribution in [2.24, 2.45) is 17.3 Å². The van der Waals surface area contributed by atoms with Gasteiger partial charge in [0.2, 0.25) is 0 Å². The standard InChI is InChI=1S/C22H28O2/c1-4-21-12-10-18-17-9-7-16(24-3)14-15(17)6-8-19(18)20(21)11-13-22(21,23)5-2/h2,7,9,14,18-20,23H,4,6,8,10-13H2,1,3H3/t18-,19+,20-,21+,22-/m0/s1. The second-order valence-corrected chi connectivity index (χ2v) is 8.07. The zero-order chi connectivity index (χ0) is 16.9. The Morgan fingerprint density at radius 1 is 1.29 bits per heavy atom. The van der Waals surface area contributed by atoms with Crippen LogP contribution in [0.15, 0.2) is 18.2 Å². The van der Waals surface area contributed by atoms with Gasteiger partial charge in [-0.15, -0.1) is 6.42 Å². The monoisotopic (exact) mass is 324 g/mol. The molecule has 0 bridgehead atoms. The molecule has 1 aromatic rings. The first-order valence-electron chi connectivity index (χ1n) is 9.45. The number of rotatable bonds is 2. The van der Waals surface area contributed by atoms with Crippen molar-refractivity contribution in [2.45, 2.75) is 63.4 Å². The average molecular weight is 324 g/mol. The van der Waals surface area contributed by atoms with Crippen molar-refractivity contribution >= 4 is 0 Å². The fraction of sp³-hybridized carbons (Fsp3) is 0.636. The van der Waals surface area contributed by atoms with E-state index >= 15 is 0 Å². The zero-order valence-electron chi connectivity index (χ0n) is 14.8. The summed E-state index contributed by atoms with van der Waals surface area (Å²) >= 11 is 0. The Bertz CT molecular complexity index is 688. The summed E-state index contributed by atoms with van der Waals surface area (Å²) in [5, 5.41) is 11.1. The van der Waals surface area contributed by atoms with E-state index in [9.17, 15) is 5.11 Å². The highest BCUT2D eigenvalue weighted by Crippen LogP contribution is 2.65. The number of hydrogen-bond donors (Lipinski definition) is 1. The number of terminal acetylenes is 1. The van der Waals surface area contributed by atoms with Gasteiger partial charge < -0.3 is 9.84 Å². The van der Waals surface area contributed by atoms with Crippen molar-refractivity contribution in [1.29, 1.82) is 0 Å². The summed E-state index contributed by atoms with van der Waals surface area (Å²) < 4.78 is 5.41. The van der Waals surface area contributed by atoms with Crippen LogP contribution in [0.4, 0.5) is 0 Å². The molecule has 24 heavy (non-hydrogen) atoms. The Morgan fingerprint density at radius 2 is 2.12 bits per heavy atom. The molecule has 128 valence electrons. The molecule has 2 fully saturated rings. The molecule has 1 N–H and O–H groups in total. The van der Waals surface area contributed by atoms with Gasteiger partial charge in [0.1, 0.15) is 11.4 Å². The van der Waals surface area contributed by atoms with Crippen LogP contribution in [0, 0.1) is 29.6 Å². The predicted octanol–water partition coefficient (Wildman–Crippen LogP) is 4.31. The van der Waals surface area contributed by atoms with Crippen LogP contribution in [0.5, 0.6) is 5.75 Å². The summed E-state index contributed by atoms with van der Waals surface area (Å²) in [6.45, 7) is 2.22. The van der Waals surface area contributed by atoms with Gasteiger partial charge in [0, 0.05) is 5.41 Å². The van der Waals surface area contributed by atoms with E-state index in [1.165, 1.54) is 17.5 Å². The number of hydrogen-bond acceptors (Lipinski definition) is 2. The highest BCUT2D eigenvalue weighted by atomic mass is 16.5. The van der Waals surface area contributed by atoms with Crippen LogP contribution in [0.1, 0.15) is 62.5 Å². The molecule has 0 spiro atoms. The van der Waals surface area contributed by atoms with Crippen molar-refractivity contribution in [2.75, 3.05) is 7.11 Å². The van der Waals surface area contributed by atoms with Crippen LogP contribution in [-0.2, 0) is 6.42 Å². The minimum Gasteiger partial charge on any atom is -0.497 e. The fourth-order valence-electron chi connectivity index (χ4n) is 6.47. The quantitative estimate of drug-likeness (QED) is 0.822. The molecule has 2 nitrogen and oxygen atoms in total. The maximum atomic E-state index is 11.1. The van der Waals surface area contributed by atoms with Crippen LogP contribution in [0.3, 0.4) is 0 Å². The van der Waals surface area contributed by atoms with Crippen molar-refractivity contribution in [3.05, 3.63) is 29.3 Å². The summed E-state index contributed by atoms with van der Waals surface area (Å²) in [6.07, 6.45) is 13.2.